The van der Waals surface area contributed by atoms with Crippen molar-refractivity contribution in [1.29, 1.82) is 0 Å². The van der Waals surface area contributed by atoms with Crippen LogP contribution in [0.15, 0.2) is 0 Å². The third-order valence-electron chi connectivity index (χ3n) is 2.88. The Balaban J connectivity index is 2.26. The molecule has 1 aliphatic heterocycles. The van der Waals surface area contributed by atoms with E-state index in [1.807, 2.05) is 11.9 Å². The lowest BCUT2D eigenvalue weighted by atomic mass is 10.2. The SMILES string of the molecule is CNCCCC(=O)N1CCN(C(=O)OC)CC1. The van der Waals surface area contributed by atoms with Gasteiger partial charge in [0.15, 0.2) is 0 Å². The monoisotopic (exact) mass is 243 g/mol. The molecule has 0 aromatic heterocycles. The zero-order valence-corrected chi connectivity index (χ0v) is 10.6. The van der Waals surface area contributed by atoms with E-state index in [2.05, 4.69) is 10.1 Å². The van der Waals surface area contributed by atoms with Gasteiger partial charge in [0.25, 0.3) is 0 Å². The molecule has 1 heterocycles. The third-order valence-corrected chi connectivity index (χ3v) is 2.88. The van der Waals surface area contributed by atoms with E-state index in [1.54, 1.807) is 4.90 Å². The predicted molar refractivity (Wildman–Crippen MR) is 63.7 cm³/mol. The number of hydrogen-bond donors (Lipinski definition) is 1. The number of amides is 2. The molecule has 1 fully saturated rings. The van der Waals surface area contributed by atoms with Gasteiger partial charge in [-0.25, -0.2) is 4.79 Å². The molecule has 1 N–H and O–H groups in total. The van der Waals surface area contributed by atoms with E-state index in [0.29, 0.717) is 32.6 Å². The molecule has 6 nitrogen and oxygen atoms in total. The van der Waals surface area contributed by atoms with E-state index in [-0.39, 0.29) is 12.0 Å². The summed E-state index contributed by atoms with van der Waals surface area (Å²) in [4.78, 5) is 26.5. The molecule has 2 amide bonds. The van der Waals surface area contributed by atoms with Gasteiger partial charge >= 0.3 is 6.09 Å². The van der Waals surface area contributed by atoms with E-state index >= 15 is 0 Å². The van der Waals surface area contributed by atoms with Gasteiger partial charge in [0.1, 0.15) is 0 Å². The van der Waals surface area contributed by atoms with Crippen LogP contribution in [0, 0.1) is 0 Å². The van der Waals surface area contributed by atoms with Gasteiger partial charge in [-0.1, -0.05) is 0 Å². The average molecular weight is 243 g/mol. The number of rotatable bonds is 4. The van der Waals surface area contributed by atoms with E-state index in [9.17, 15) is 9.59 Å². The van der Waals surface area contributed by atoms with Crippen molar-refractivity contribution < 1.29 is 14.3 Å². The maximum atomic E-state index is 11.8. The first-order chi connectivity index (χ1) is 8.19. The summed E-state index contributed by atoms with van der Waals surface area (Å²) in [5, 5.41) is 3.02. The quantitative estimate of drug-likeness (QED) is 0.700. The van der Waals surface area contributed by atoms with Crippen molar-refractivity contribution in [2.75, 3.05) is 46.9 Å². The summed E-state index contributed by atoms with van der Waals surface area (Å²) < 4.78 is 4.64. The van der Waals surface area contributed by atoms with Crippen LogP contribution in [0.3, 0.4) is 0 Å². The summed E-state index contributed by atoms with van der Waals surface area (Å²) >= 11 is 0. The van der Waals surface area contributed by atoms with E-state index < -0.39 is 0 Å². The fraction of sp³-hybridized carbons (Fsp3) is 0.818. The molecule has 0 radical (unpaired) electrons. The number of nitrogens with one attached hydrogen (secondary N) is 1. The molecule has 0 spiro atoms. The van der Waals surface area contributed by atoms with Gasteiger partial charge in [-0.2, -0.15) is 0 Å². The summed E-state index contributed by atoms with van der Waals surface area (Å²) in [6.07, 6.45) is 1.11. The fourth-order valence-electron chi connectivity index (χ4n) is 1.84. The number of carbonyl (C=O) groups excluding carboxylic acids is 2. The second-order valence-electron chi connectivity index (χ2n) is 4.04. The molecular weight excluding hydrogens is 222 g/mol. The minimum Gasteiger partial charge on any atom is -0.453 e. The number of carbonyl (C=O) groups is 2. The molecule has 0 aromatic rings. The highest BCUT2D eigenvalue weighted by atomic mass is 16.5. The first-order valence-electron chi connectivity index (χ1n) is 5.94. The summed E-state index contributed by atoms with van der Waals surface area (Å²) in [5.41, 5.74) is 0. The van der Waals surface area contributed by atoms with Crippen molar-refractivity contribution >= 4 is 12.0 Å². The summed E-state index contributed by atoms with van der Waals surface area (Å²) in [6, 6.07) is 0. The molecule has 6 heteroatoms. The summed E-state index contributed by atoms with van der Waals surface area (Å²) in [5.74, 6) is 0.171. The predicted octanol–water partition coefficient (Wildman–Crippen LogP) is -0.103. The number of nitrogens with zero attached hydrogens (tertiary/aromatic N) is 2. The number of methoxy groups -OCH3 is 1. The summed E-state index contributed by atoms with van der Waals surface area (Å²) in [7, 11) is 3.25. The van der Waals surface area contributed by atoms with Gasteiger partial charge in [-0.15, -0.1) is 0 Å². The van der Waals surface area contributed by atoms with Gasteiger partial charge < -0.3 is 19.9 Å². The lowest BCUT2D eigenvalue weighted by Gasteiger charge is -2.33. The topological polar surface area (TPSA) is 61.9 Å². The standard InChI is InChI=1S/C11H21N3O3/c1-12-5-3-4-10(15)13-6-8-14(9-7-13)11(16)17-2/h12H,3-9H2,1-2H3. The molecular formula is C11H21N3O3. The molecule has 0 bridgehead atoms. The van der Waals surface area contributed by atoms with Crippen molar-refractivity contribution in [1.82, 2.24) is 15.1 Å². The van der Waals surface area contributed by atoms with Crippen molar-refractivity contribution in [3.05, 3.63) is 0 Å². The van der Waals surface area contributed by atoms with Crippen LogP contribution in [-0.4, -0.2) is 68.7 Å². The zero-order chi connectivity index (χ0) is 12.7. The largest absolute Gasteiger partial charge is 0.453 e. The van der Waals surface area contributed by atoms with Crippen LogP contribution in [-0.2, 0) is 9.53 Å². The number of piperazine rings is 1. The highest BCUT2D eigenvalue weighted by Crippen LogP contribution is 2.06. The second kappa shape index (κ2) is 7.11. The maximum Gasteiger partial charge on any atom is 0.409 e. The van der Waals surface area contributed by atoms with Crippen LogP contribution in [0.25, 0.3) is 0 Å². The maximum absolute atomic E-state index is 11.8. The van der Waals surface area contributed by atoms with E-state index in [4.69, 9.17) is 0 Å². The average Bonchev–Trinajstić information content (AvgIpc) is 2.38. The van der Waals surface area contributed by atoms with E-state index in [1.165, 1.54) is 7.11 Å². The molecule has 0 unspecified atom stereocenters. The lowest BCUT2D eigenvalue weighted by molar-refractivity contribution is -0.132. The Morgan fingerprint density at radius 1 is 1.18 bits per heavy atom. The molecule has 98 valence electrons. The first kappa shape index (κ1) is 13.8. The molecule has 1 aliphatic rings. The Bertz CT molecular complexity index is 263. The minimum absolute atomic E-state index is 0.171. The van der Waals surface area contributed by atoms with E-state index in [0.717, 1.165) is 13.0 Å². The highest BCUT2D eigenvalue weighted by molar-refractivity contribution is 5.76. The fourth-order valence-corrected chi connectivity index (χ4v) is 1.84. The van der Waals surface area contributed by atoms with Crippen LogP contribution in [0.5, 0.6) is 0 Å². The number of ether oxygens (including phenoxy) is 1. The molecule has 1 rings (SSSR count). The van der Waals surface area contributed by atoms with Gasteiger partial charge in [0.2, 0.25) is 5.91 Å². The lowest BCUT2D eigenvalue weighted by Crippen LogP contribution is -2.50. The Kier molecular flexibility index (Phi) is 5.76. The Hall–Kier alpha value is -1.30. The normalized spacial score (nSPS) is 15.9. The highest BCUT2D eigenvalue weighted by Gasteiger charge is 2.23. The molecule has 0 atom stereocenters. The van der Waals surface area contributed by atoms with Gasteiger partial charge in [-0.3, -0.25) is 4.79 Å². The minimum atomic E-state index is -0.313. The Labute approximate surface area is 102 Å². The van der Waals surface area contributed by atoms with Crippen LogP contribution in [0.2, 0.25) is 0 Å². The summed E-state index contributed by atoms with van der Waals surface area (Å²) in [6.45, 7) is 3.18. The molecule has 0 aliphatic carbocycles. The van der Waals surface area contributed by atoms with Crippen molar-refractivity contribution in [2.24, 2.45) is 0 Å². The smallest absolute Gasteiger partial charge is 0.409 e. The Morgan fingerprint density at radius 2 is 1.76 bits per heavy atom. The van der Waals surface area contributed by atoms with Gasteiger partial charge in [0, 0.05) is 32.6 Å². The van der Waals surface area contributed by atoms with Crippen molar-refractivity contribution in [3.8, 4) is 0 Å². The van der Waals surface area contributed by atoms with Crippen LogP contribution < -0.4 is 5.32 Å². The van der Waals surface area contributed by atoms with Crippen molar-refractivity contribution in [3.63, 3.8) is 0 Å². The second-order valence-corrected chi connectivity index (χ2v) is 4.04. The molecule has 0 aromatic carbocycles. The van der Waals surface area contributed by atoms with Gasteiger partial charge in [-0.05, 0) is 20.0 Å². The zero-order valence-electron chi connectivity index (χ0n) is 10.6. The third kappa shape index (κ3) is 4.22. The first-order valence-corrected chi connectivity index (χ1v) is 5.94. The molecule has 1 saturated heterocycles. The van der Waals surface area contributed by atoms with Crippen LogP contribution >= 0.6 is 0 Å². The Morgan fingerprint density at radius 3 is 2.29 bits per heavy atom. The van der Waals surface area contributed by atoms with Crippen LogP contribution in [0.1, 0.15) is 12.8 Å². The molecule has 17 heavy (non-hydrogen) atoms. The van der Waals surface area contributed by atoms with Crippen molar-refractivity contribution in [2.45, 2.75) is 12.8 Å². The number of hydrogen-bond acceptors (Lipinski definition) is 4. The van der Waals surface area contributed by atoms with Crippen LogP contribution in [0.4, 0.5) is 4.79 Å². The van der Waals surface area contributed by atoms with Gasteiger partial charge in [0.05, 0.1) is 7.11 Å². The molecule has 0 saturated carbocycles.